The van der Waals surface area contributed by atoms with Gasteiger partial charge in [-0.15, -0.1) is 0 Å². The maximum Gasteiger partial charge on any atom is 0.254 e. The van der Waals surface area contributed by atoms with Crippen molar-refractivity contribution in [3.63, 3.8) is 0 Å². The van der Waals surface area contributed by atoms with E-state index in [2.05, 4.69) is 22.9 Å². The Kier molecular flexibility index (Phi) is 5.63. The van der Waals surface area contributed by atoms with Crippen molar-refractivity contribution >= 4 is 31.7 Å². The summed E-state index contributed by atoms with van der Waals surface area (Å²) >= 11 is 3.40. The normalized spacial score (nSPS) is 19.9. The van der Waals surface area contributed by atoms with Gasteiger partial charge in [0.05, 0.1) is 22.5 Å². The van der Waals surface area contributed by atoms with Crippen LogP contribution < -0.4 is 4.74 Å². The van der Waals surface area contributed by atoms with Gasteiger partial charge >= 0.3 is 0 Å². The molecule has 0 N–H and O–H groups in total. The van der Waals surface area contributed by atoms with Crippen molar-refractivity contribution < 1.29 is 17.9 Å². The zero-order valence-corrected chi connectivity index (χ0v) is 17.9. The molecule has 1 aliphatic heterocycles. The number of nitrogens with zero attached hydrogens (tertiary/aromatic N) is 1. The molecular weight excluding hydrogens is 430 g/mol. The Morgan fingerprint density at radius 3 is 2.63 bits per heavy atom. The second-order valence-corrected chi connectivity index (χ2v) is 9.88. The molecule has 0 bridgehead atoms. The number of carbonyl (C=O) groups is 1. The van der Waals surface area contributed by atoms with Gasteiger partial charge in [0.1, 0.15) is 5.75 Å². The maximum absolute atomic E-state index is 13.2. The average Bonchev–Trinajstić information content (AvgIpc) is 3.03. The molecular formula is C20H22BrNO4S. The van der Waals surface area contributed by atoms with E-state index in [-0.39, 0.29) is 16.8 Å². The monoisotopic (exact) mass is 451 g/mol. The number of ether oxygens (including phenoxy) is 1. The lowest BCUT2D eigenvalue weighted by Crippen LogP contribution is -2.31. The van der Waals surface area contributed by atoms with Crippen molar-refractivity contribution in [2.45, 2.75) is 24.3 Å². The van der Waals surface area contributed by atoms with Crippen LogP contribution in [-0.2, 0) is 9.84 Å². The summed E-state index contributed by atoms with van der Waals surface area (Å²) in [7, 11) is -1.74. The Balaban J connectivity index is 1.96. The largest absolute Gasteiger partial charge is 0.496 e. The van der Waals surface area contributed by atoms with Gasteiger partial charge in [-0.1, -0.05) is 19.1 Å². The number of likely N-dealkylation sites (tertiary alicyclic amines) is 1. The van der Waals surface area contributed by atoms with E-state index in [0.29, 0.717) is 23.8 Å². The minimum Gasteiger partial charge on any atom is -0.496 e. The fourth-order valence-electron chi connectivity index (χ4n) is 3.50. The van der Waals surface area contributed by atoms with Gasteiger partial charge in [0, 0.05) is 18.4 Å². The molecule has 0 saturated carbocycles. The molecule has 1 saturated heterocycles. The van der Waals surface area contributed by atoms with Gasteiger partial charge in [-0.05, 0) is 64.2 Å². The van der Waals surface area contributed by atoms with Gasteiger partial charge in [-0.3, -0.25) is 4.79 Å². The highest BCUT2D eigenvalue weighted by Gasteiger charge is 2.35. The summed E-state index contributed by atoms with van der Waals surface area (Å²) in [6.45, 7) is 2.73. The molecule has 1 heterocycles. The molecule has 27 heavy (non-hydrogen) atoms. The topological polar surface area (TPSA) is 63.7 Å². The van der Waals surface area contributed by atoms with Crippen LogP contribution >= 0.6 is 15.9 Å². The number of carbonyl (C=O) groups excluding carboxylic acids is 1. The van der Waals surface area contributed by atoms with Crippen molar-refractivity contribution in [1.29, 1.82) is 0 Å². The lowest BCUT2D eigenvalue weighted by Gasteiger charge is -2.25. The first-order valence-corrected chi connectivity index (χ1v) is 11.3. The van der Waals surface area contributed by atoms with E-state index in [9.17, 15) is 13.2 Å². The first-order valence-electron chi connectivity index (χ1n) is 8.65. The number of benzene rings is 2. The highest BCUT2D eigenvalue weighted by atomic mass is 79.9. The van der Waals surface area contributed by atoms with Crippen LogP contribution in [0.25, 0.3) is 0 Å². The SMILES string of the molecule is COc1cc(C(=O)N2CC(C)C[C@@H]2c2cccc(S(C)(=O)=O)c2)ccc1Br. The summed E-state index contributed by atoms with van der Waals surface area (Å²) in [6.07, 6.45) is 1.99. The molecule has 0 aliphatic carbocycles. The highest BCUT2D eigenvalue weighted by molar-refractivity contribution is 9.10. The summed E-state index contributed by atoms with van der Waals surface area (Å²) in [5, 5.41) is 0. The van der Waals surface area contributed by atoms with Crippen LogP contribution in [0.1, 0.15) is 35.3 Å². The van der Waals surface area contributed by atoms with Crippen LogP contribution in [-0.4, -0.2) is 39.1 Å². The smallest absolute Gasteiger partial charge is 0.254 e. The predicted octanol–water partition coefficient (Wildman–Crippen LogP) is 4.08. The summed E-state index contributed by atoms with van der Waals surface area (Å²) < 4.78 is 29.9. The molecule has 0 radical (unpaired) electrons. The predicted molar refractivity (Wildman–Crippen MR) is 108 cm³/mol. The Morgan fingerprint density at radius 2 is 1.96 bits per heavy atom. The molecule has 1 amide bonds. The van der Waals surface area contributed by atoms with Crippen LogP contribution in [0.3, 0.4) is 0 Å². The summed E-state index contributed by atoms with van der Waals surface area (Å²) in [5.74, 6) is 0.849. The minimum absolute atomic E-state index is 0.0834. The quantitative estimate of drug-likeness (QED) is 0.701. The molecule has 1 aliphatic rings. The van der Waals surface area contributed by atoms with E-state index in [0.717, 1.165) is 16.5 Å². The number of hydrogen-bond donors (Lipinski definition) is 0. The summed E-state index contributed by atoms with van der Waals surface area (Å²) in [4.78, 5) is 15.3. The molecule has 7 heteroatoms. The second-order valence-electron chi connectivity index (χ2n) is 7.01. The van der Waals surface area contributed by atoms with E-state index in [1.165, 1.54) is 6.26 Å². The number of sulfone groups is 1. The number of hydrogen-bond acceptors (Lipinski definition) is 4. The van der Waals surface area contributed by atoms with Crippen molar-refractivity contribution in [2.75, 3.05) is 19.9 Å². The Hall–Kier alpha value is -1.86. The zero-order valence-electron chi connectivity index (χ0n) is 15.5. The van der Waals surface area contributed by atoms with Gasteiger partial charge in [-0.2, -0.15) is 0 Å². The first kappa shape index (κ1) is 19.9. The van der Waals surface area contributed by atoms with Crippen LogP contribution in [0.5, 0.6) is 5.75 Å². The average molecular weight is 452 g/mol. The summed E-state index contributed by atoms with van der Waals surface area (Å²) in [5.41, 5.74) is 1.40. The number of methoxy groups -OCH3 is 1. The fraction of sp³-hybridized carbons (Fsp3) is 0.350. The lowest BCUT2D eigenvalue weighted by atomic mass is 10.0. The van der Waals surface area contributed by atoms with E-state index < -0.39 is 9.84 Å². The molecule has 5 nitrogen and oxygen atoms in total. The zero-order chi connectivity index (χ0) is 19.8. The van der Waals surface area contributed by atoms with Crippen molar-refractivity contribution in [2.24, 2.45) is 5.92 Å². The second kappa shape index (κ2) is 7.64. The molecule has 2 aromatic carbocycles. The third kappa shape index (κ3) is 4.19. The van der Waals surface area contributed by atoms with Gasteiger partial charge < -0.3 is 9.64 Å². The number of halogens is 1. The number of rotatable bonds is 4. The Morgan fingerprint density at radius 1 is 1.22 bits per heavy atom. The molecule has 3 rings (SSSR count). The highest BCUT2D eigenvalue weighted by Crippen LogP contribution is 2.37. The van der Waals surface area contributed by atoms with E-state index >= 15 is 0 Å². The third-order valence-electron chi connectivity index (χ3n) is 4.84. The van der Waals surface area contributed by atoms with Crippen LogP contribution in [0.15, 0.2) is 51.8 Å². The molecule has 2 aromatic rings. The lowest BCUT2D eigenvalue weighted by molar-refractivity contribution is 0.0731. The van der Waals surface area contributed by atoms with Crippen LogP contribution in [0, 0.1) is 5.92 Å². The van der Waals surface area contributed by atoms with Gasteiger partial charge in [-0.25, -0.2) is 8.42 Å². The van der Waals surface area contributed by atoms with E-state index in [1.807, 2.05) is 11.0 Å². The Bertz CT molecular complexity index is 974. The standard InChI is InChI=1S/C20H22BrNO4S/c1-13-9-18(14-5-4-6-16(10-14)27(3,24)25)22(12-13)20(23)15-7-8-17(21)19(11-15)26-2/h4-8,10-11,13,18H,9,12H2,1-3H3/t13?,18-/m1/s1. The molecule has 1 fully saturated rings. The van der Waals surface area contributed by atoms with Crippen molar-refractivity contribution in [1.82, 2.24) is 4.90 Å². The van der Waals surface area contributed by atoms with Crippen LogP contribution in [0.2, 0.25) is 0 Å². The van der Waals surface area contributed by atoms with Crippen molar-refractivity contribution in [3.05, 3.63) is 58.1 Å². The first-order chi connectivity index (χ1) is 12.7. The number of amides is 1. The third-order valence-corrected chi connectivity index (χ3v) is 6.61. The fourth-order valence-corrected chi connectivity index (χ4v) is 4.58. The van der Waals surface area contributed by atoms with E-state index in [4.69, 9.17) is 4.74 Å². The van der Waals surface area contributed by atoms with Gasteiger partial charge in [0.15, 0.2) is 9.84 Å². The molecule has 1 unspecified atom stereocenters. The van der Waals surface area contributed by atoms with E-state index in [1.54, 1.807) is 43.5 Å². The Labute approximate surface area is 168 Å². The van der Waals surface area contributed by atoms with Gasteiger partial charge in [0.2, 0.25) is 0 Å². The van der Waals surface area contributed by atoms with Crippen LogP contribution in [0.4, 0.5) is 0 Å². The molecule has 144 valence electrons. The molecule has 0 spiro atoms. The minimum atomic E-state index is -3.30. The molecule has 2 atom stereocenters. The summed E-state index contributed by atoms with van der Waals surface area (Å²) in [6, 6.07) is 12.0. The molecule has 0 aromatic heterocycles. The van der Waals surface area contributed by atoms with Gasteiger partial charge in [0.25, 0.3) is 5.91 Å². The van der Waals surface area contributed by atoms with Crippen molar-refractivity contribution in [3.8, 4) is 5.75 Å². The maximum atomic E-state index is 13.2.